The molecule has 8 heteroatoms. The van der Waals surface area contributed by atoms with Crippen LogP contribution in [0.1, 0.15) is 5.82 Å². The second-order valence-electron chi connectivity index (χ2n) is 6.11. The van der Waals surface area contributed by atoms with Gasteiger partial charge < -0.3 is 10.1 Å². The Kier molecular flexibility index (Phi) is 5.38. The van der Waals surface area contributed by atoms with E-state index in [4.69, 9.17) is 4.74 Å². The van der Waals surface area contributed by atoms with E-state index in [0.29, 0.717) is 24.1 Å². The van der Waals surface area contributed by atoms with Gasteiger partial charge in [-0.1, -0.05) is 42.1 Å². The first kappa shape index (κ1) is 18.2. The van der Waals surface area contributed by atoms with Gasteiger partial charge in [0.1, 0.15) is 18.2 Å². The van der Waals surface area contributed by atoms with E-state index in [1.54, 1.807) is 4.52 Å². The molecular weight excluding hydrogens is 374 g/mol. The molecule has 0 aliphatic carbocycles. The van der Waals surface area contributed by atoms with Crippen molar-refractivity contribution in [3.05, 3.63) is 60.4 Å². The number of para-hydroxylation sites is 2. The molecule has 1 N–H and O–H groups in total. The number of thioether (sulfide) groups is 1. The molecule has 7 nitrogen and oxygen atoms in total. The Labute approximate surface area is 166 Å². The molecule has 0 aliphatic heterocycles. The molecule has 1 amide bonds. The summed E-state index contributed by atoms with van der Waals surface area (Å²) in [6.07, 6.45) is 0. The zero-order valence-electron chi connectivity index (χ0n) is 15.3. The number of rotatable bonds is 7. The molecule has 4 aromatic rings. The number of nitrogens with zero attached hydrogens (tertiary/aromatic N) is 4. The number of aromatic nitrogens is 4. The summed E-state index contributed by atoms with van der Waals surface area (Å²) in [5.41, 5.74) is 1.59. The molecule has 0 radical (unpaired) electrons. The fourth-order valence-corrected chi connectivity index (χ4v) is 3.56. The van der Waals surface area contributed by atoms with Crippen LogP contribution in [-0.4, -0.2) is 44.4 Å². The Balaban J connectivity index is 1.37. The van der Waals surface area contributed by atoms with Crippen LogP contribution in [0.15, 0.2) is 59.8 Å². The van der Waals surface area contributed by atoms with Crippen molar-refractivity contribution in [3.63, 3.8) is 0 Å². The molecule has 0 aliphatic rings. The number of ether oxygens (including phenoxy) is 1. The fraction of sp³-hybridized carbons (Fsp3) is 0.200. The van der Waals surface area contributed by atoms with E-state index in [-0.39, 0.29) is 11.7 Å². The number of hydrogen-bond acceptors (Lipinski definition) is 6. The highest BCUT2D eigenvalue weighted by atomic mass is 32.2. The van der Waals surface area contributed by atoms with Gasteiger partial charge in [-0.15, -0.1) is 5.10 Å². The van der Waals surface area contributed by atoms with E-state index in [2.05, 4.69) is 20.4 Å². The Bertz CT molecular complexity index is 1110. The van der Waals surface area contributed by atoms with Gasteiger partial charge in [-0.3, -0.25) is 4.79 Å². The molecule has 4 rings (SSSR count). The Morgan fingerprint density at radius 3 is 2.75 bits per heavy atom. The van der Waals surface area contributed by atoms with Crippen molar-refractivity contribution in [2.45, 2.75) is 12.1 Å². The van der Waals surface area contributed by atoms with Gasteiger partial charge in [0.15, 0.2) is 10.8 Å². The van der Waals surface area contributed by atoms with E-state index in [1.165, 1.54) is 11.8 Å². The maximum atomic E-state index is 12.2. The molecule has 0 bridgehead atoms. The van der Waals surface area contributed by atoms with Gasteiger partial charge >= 0.3 is 0 Å². The largest absolute Gasteiger partial charge is 0.492 e. The van der Waals surface area contributed by atoms with Crippen LogP contribution in [0.5, 0.6) is 5.75 Å². The molecule has 0 saturated heterocycles. The van der Waals surface area contributed by atoms with Crippen LogP contribution in [0.4, 0.5) is 0 Å². The minimum Gasteiger partial charge on any atom is -0.492 e. The Morgan fingerprint density at radius 1 is 1.11 bits per heavy atom. The Hall–Kier alpha value is -3.13. The average Bonchev–Trinajstić information content (AvgIpc) is 3.12. The Morgan fingerprint density at radius 2 is 1.89 bits per heavy atom. The third-order valence-electron chi connectivity index (χ3n) is 4.02. The summed E-state index contributed by atoms with van der Waals surface area (Å²) in [5.74, 6) is 1.62. The standard InChI is InChI=1S/C20H19N5O2S/c1-14-22-19-16-9-5-6-10-17(16)23-20(25(19)24-14)28-13-18(26)21-11-12-27-15-7-3-2-4-8-15/h2-10H,11-13H2,1H3,(H,21,26). The lowest BCUT2D eigenvalue weighted by atomic mass is 10.2. The van der Waals surface area contributed by atoms with Crippen LogP contribution in [0, 0.1) is 6.92 Å². The van der Waals surface area contributed by atoms with Crippen molar-refractivity contribution in [1.29, 1.82) is 0 Å². The average molecular weight is 393 g/mol. The number of hydrogen-bond donors (Lipinski definition) is 1. The molecule has 142 valence electrons. The summed E-state index contributed by atoms with van der Waals surface area (Å²) in [5, 5.41) is 8.86. The lowest BCUT2D eigenvalue weighted by Gasteiger charge is -2.08. The van der Waals surface area contributed by atoms with Gasteiger partial charge in [0.05, 0.1) is 17.8 Å². The van der Waals surface area contributed by atoms with E-state index < -0.39 is 0 Å². The van der Waals surface area contributed by atoms with Crippen molar-refractivity contribution >= 4 is 34.2 Å². The summed E-state index contributed by atoms with van der Waals surface area (Å²) < 4.78 is 7.27. The van der Waals surface area contributed by atoms with Crippen molar-refractivity contribution in [2.24, 2.45) is 0 Å². The first-order valence-corrected chi connectivity index (χ1v) is 9.89. The van der Waals surface area contributed by atoms with Gasteiger partial charge in [0.25, 0.3) is 0 Å². The van der Waals surface area contributed by atoms with E-state index >= 15 is 0 Å². The van der Waals surface area contributed by atoms with Gasteiger partial charge in [0, 0.05) is 5.39 Å². The summed E-state index contributed by atoms with van der Waals surface area (Å²) in [7, 11) is 0. The van der Waals surface area contributed by atoms with E-state index in [0.717, 1.165) is 22.3 Å². The van der Waals surface area contributed by atoms with Crippen LogP contribution >= 0.6 is 11.8 Å². The van der Waals surface area contributed by atoms with Crippen LogP contribution in [0.2, 0.25) is 0 Å². The van der Waals surface area contributed by atoms with Crippen molar-refractivity contribution < 1.29 is 9.53 Å². The van der Waals surface area contributed by atoms with Crippen molar-refractivity contribution in [2.75, 3.05) is 18.9 Å². The normalized spacial score (nSPS) is 11.0. The molecule has 2 heterocycles. The van der Waals surface area contributed by atoms with Crippen molar-refractivity contribution in [3.8, 4) is 5.75 Å². The van der Waals surface area contributed by atoms with Crippen molar-refractivity contribution in [1.82, 2.24) is 24.9 Å². The van der Waals surface area contributed by atoms with Crippen LogP contribution in [0.3, 0.4) is 0 Å². The summed E-state index contributed by atoms with van der Waals surface area (Å²) in [6.45, 7) is 2.70. The molecule has 0 fully saturated rings. The molecule has 0 unspecified atom stereocenters. The highest BCUT2D eigenvalue weighted by Gasteiger charge is 2.13. The smallest absolute Gasteiger partial charge is 0.230 e. The van der Waals surface area contributed by atoms with Crippen LogP contribution < -0.4 is 10.1 Å². The molecule has 2 aromatic carbocycles. The topological polar surface area (TPSA) is 81.4 Å². The summed E-state index contributed by atoms with van der Waals surface area (Å²) >= 11 is 1.34. The number of nitrogens with one attached hydrogen (secondary N) is 1. The van der Waals surface area contributed by atoms with Gasteiger partial charge in [-0.2, -0.15) is 4.52 Å². The summed E-state index contributed by atoms with van der Waals surface area (Å²) in [6, 6.07) is 17.3. The lowest BCUT2D eigenvalue weighted by Crippen LogP contribution is -2.29. The lowest BCUT2D eigenvalue weighted by molar-refractivity contribution is -0.118. The molecular formula is C20H19N5O2S. The molecule has 28 heavy (non-hydrogen) atoms. The molecule has 2 aromatic heterocycles. The predicted molar refractivity (Wildman–Crippen MR) is 109 cm³/mol. The van der Waals surface area contributed by atoms with Gasteiger partial charge in [-0.05, 0) is 31.2 Å². The second kappa shape index (κ2) is 8.26. The van der Waals surface area contributed by atoms with Gasteiger partial charge in [0.2, 0.25) is 5.91 Å². The SMILES string of the molecule is Cc1nc2c3ccccc3nc(SCC(=O)NCCOc3ccccc3)n2n1. The van der Waals surface area contributed by atoms with Gasteiger partial charge in [-0.25, -0.2) is 9.97 Å². The highest BCUT2D eigenvalue weighted by molar-refractivity contribution is 7.99. The predicted octanol–water partition coefficient (Wildman–Crippen LogP) is 2.87. The van der Waals surface area contributed by atoms with E-state index in [1.807, 2.05) is 61.5 Å². The first-order valence-electron chi connectivity index (χ1n) is 8.90. The van der Waals surface area contributed by atoms with E-state index in [9.17, 15) is 4.79 Å². The number of carbonyl (C=O) groups is 1. The molecule has 0 saturated carbocycles. The third-order valence-corrected chi connectivity index (χ3v) is 4.95. The number of fused-ring (bicyclic) bond motifs is 3. The maximum Gasteiger partial charge on any atom is 0.230 e. The number of benzene rings is 2. The maximum absolute atomic E-state index is 12.2. The first-order chi connectivity index (χ1) is 13.7. The van der Waals surface area contributed by atoms with Crippen LogP contribution in [0.25, 0.3) is 16.6 Å². The molecule has 0 atom stereocenters. The second-order valence-corrected chi connectivity index (χ2v) is 7.05. The number of aryl methyl sites for hydroxylation is 1. The minimum atomic E-state index is -0.0818. The molecule has 0 spiro atoms. The number of amides is 1. The third kappa shape index (κ3) is 4.07. The fourth-order valence-electron chi connectivity index (χ4n) is 2.78. The summed E-state index contributed by atoms with van der Waals surface area (Å²) in [4.78, 5) is 21.3. The zero-order valence-corrected chi connectivity index (χ0v) is 16.1. The van der Waals surface area contributed by atoms with Crippen LogP contribution in [-0.2, 0) is 4.79 Å². The monoisotopic (exact) mass is 393 g/mol. The quantitative estimate of drug-likeness (QED) is 0.295. The number of carbonyl (C=O) groups excluding carboxylic acids is 1. The zero-order chi connectivity index (χ0) is 19.3. The highest BCUT2D eigenvalue weighted by Crippen LogP contribution is 2.23. The minimum absolute atomic E-state index is 0.0818.